The number of thioether (sulfide) groups is 1. The second kappa shape index (κ2) is 5.91. The van der Waals surface area contributed by atoms with E-state index in [2.05, 4.69) is 10.2 Å². The second-order valence-electron chi connectivity index (χ2n) is 4.09. The number of aromatic nitrogens is 3. The molecule has 0 aliphatic carbocycles. The van der Waals surface area contributed by atoms with Crippen LogP contribution in [0, 0.1) is 5.82 Å². The summed E-state index contributed by atoms with van der Waals surface area (Å²) in [5.74, 6) is -1.55. The molecule has 20 heavy (non-hydrogen) atoms. The Kier molecular flexibility index (Phi) is 4.23. The van der Waals surface area contributed by atoms with E-state index in [0.717, 1.165) is 17.3 Å². The summed E-state index contributed by atoms with van der Waals surface area (Å²) >= 11 is 0.949. The number of aromatic amines is 1. The van der Waals surface area contributed by atoms with Gasteiger partial charge in [0.25, 0.3) is 0 Å². The average molecular weight is 297 g/mol. The van der Waals surface area contributed by atoms with Crippen molar-refractivity contribution in [1.29, 1.82) is 0 Å². The van der Waals surface area contributed by atoms with Crippen molar-refractivity contribution >= 4 is 17.7 Å². The second-order valence-corrected chi connectivity index (χ2v) is 5.03. The minimum atomic E-state index is -0.994. The largest absolute Gasteiger partial charge is 0.481 e. The molecule has 0 spiro atoms. The molecule has 2 aromatic rings. The molecule has 0 aliphatic rings. The van der Waals surface area contributed by atoms with E-state index in [1.165, 1.54) is 16.7 Å². The van der Waals surface area contributed by atoms with Gasteiger partial charge in [0.2, 0.25) is 0 Å². The summed E-state index contributed by atoms with van der Waals surface area (Å²) in [5, 5.41) is 15.1. The lowest BCUT2D eigenvalue weighted by molar-refractivity contribution is -0.133. The molecule has 6 nitrogen and oxygen atoms in total. The Labute approximate surface area is 117 Å². The van der Waals surface area contributed by atoms with Gasteiger partial charge in [-0.3, -0.25) is 9.36 Å². The van der Waals surface area contributed by atoms with Crippen LogP contribution in [0.4, 0.5) is 4.39 Å². The Bertz CT molecular complexity index is 665. The van der Waals surface area contributed by atoms with Crippen LogP contribution in [0.3, 0.4) is 0 Å². The molecule has 0 fully saturated rings. The first kappa shape index (κ1) is 14.3. The molecule has 1 aromatic carbocycles. The van der Waals surface area contributed by atoms with Gasteiger partial charge in [-0.15, -0.1) is 5.10 Å². The number of carboxylic acid groups (broad SMARTS) is 1. The van der Waals surface area contributed by atoms with Crippen molar-refractivity contribution in [2.45, 2.75) is 18.1 Å². The summed E-state index contributed by atoms with van der Waals surface area (Å²) in [6.07, 6.45) is 0. The predicted octanol–water partition coefficient (Wildman–Crippen LogP) is 1.50. The van der Waals surface area contributed by atoms with E-state index in [-0.39, 0.29) is 22.8 Å². The summed E-state index contributed by atoms with van der Waals surface area (Å²) in [6, 6.07) is 5.39. The molecule has 1 unspecified atom stereocenters. The minimum absolute atomic E-state index is 0.194. The molecule has 106 valence electrons. The molecule has 1 aromatic heterocycles. The first-order valence-electron chi connectivity index (χ1n) is 5.76. The molecule has 2 rings (SSSR count). The number of nitrogens with zero attached hydrogens (tertiary/aromatic N) is 2. The van der Waals surface area contributed by atoms with Crippen molar-refractivity contribution in [3.63, 3.8) is 0 Å². The fraction of sp³-hybridized carbons (Fsp3) is 0.250. The first-order chi connectivity index (χ1) is 9.49. The van der Waals surface area contributed by atoms with Crippen molar-refractivity contribution in [2.24, 2.45) is 0 Å². The van der Waals surface area contributed by atoms with Crippen LogP contribution in [0.2, 0.25) is 0 Å². The molecule has 0 aliphatic heterocycles. The lowest BCUT2D eigenvalue weighted by atomic mass is 10.1. The van der Waals surface area contributed by atoms with Crippen molar-refractivity contribution in [3.8, 4) is 0 Å². The van der Waals surface area contributed by atoms with E-state index in [0.29, 0.717) is 0 Å². The maximum Gasteiger partial charge on any atom is 0.344 e. The zero-order chi connectivity index (χ0) is 14.7. The van der Waals surface area contributed by atoms with Gasteiger partial charge in [0.05, 0.1) is 11.8 Å². The van der Waals surface area contributed by atoms with E-state index in [1.807, 2.05) is 0 Å². The Balaban J connectivity index is 2.31. The monoisotopic (exact) mass is 297 g/mol. The van der Waals surface area contributed by atoms with Crippen LogP contribution in [0.15, 0.2) is 34.2 Å². The maximum atomic E-state index is 12.9. The number of carbonyl (C=O) groups is 1. The third-order valence-corrected chi connectivity index (χ3v) is 3.67. The number of benzene rings is 1. The Hall–Kier alpha value is -2.09. The number of nitrogens with one attached hydrogen (secondary N) is 1. The van der Waals surface area contributed by atoms with Crippen LogP contribution < -0.4 is 5.69 Å². The molecule has 1 atom stereocenters. The van der Waals surface area contributed by atoms with Crippen molar-refractivity contribution in [1.82, 2.24) is 14.8 Å². The van der Waals surface area contributed by atoms with Gasteiger partial charge in [-0.05, 0) is 24.6 Å². The van der Waals surface area contributed by atoms with Crippen LogP contribution in [-0.2, 0) is 4.79 Å². The Morgan fingerprint density at radius 1 is 1.50 bits per heavy atom. The summed E-state index contributed by atoms with van der Waals surface area (Å²) in [7, 11) is 0. The normalized spacial score (nSPS) is 12.3. The number of halogens is 1. The standard InChI is InChI=1S/C12H12FN3O3S/c1-7(8-2-4-9(13)5-3-8)16-11(19)14-15-12(16)20-6-10(17)18/h2-5,7H,6H2,1H3,(H,14,19)(H,17,18). The van der Waals surface area contributed by atoms with Crippen LogP contribution in [0.25, 0.3) is 0 Å². The van der Waals surface area contributed by atoms with Gasteiger partial charge < -0.3 is 5.11 Å². The molecule has 0 bridgehead atoms. The van der Waals surface area contributed by atoms with Gasteiger partial charge in [0.1, 0.15) is 5.82 Å². The topological polar surface area (TPSA) is 88.0 Å². The molecular weight excluding hydrogens is 285 g/mol. The van der Waals surface area contributed by atoms with E-state index in [9.17, 15) is 14.0 Å². The highest BCUT2D eigenvalue weighted by Crippen LogP contribution is 2.22. The van der Waals surface area contributed by atoms with Crippen LogP contribution in [0.1, 0.15) is 18.5 Å². The number of aliphatic carboxylic acids is 1. The van der Waals surface area contributed by atoms with Gasteiger partial charge in [-0.1, -0.05) is 23.9 Å². The van der Waals surface area contributed by atoms with E-state index in [1.54, 1.807) is 19.1 Å². The minimum Gasteiger partial charge on any atom is -0.481 e. The predicted molar refractivity (Wildman–Crippen MR) is 71.4 cm³/mol. The molecule has 0 radical (unpaired) electrons. The molecular formula is C12H12FN3O3S. The van der Waals surface area contributed by atoms with E-state index < -0.39 is 11.7 Å². The van der Waals surface area contributed by atoms with Gasteiger partial charge in [-0.2, -0.15) is 0 Å². The summed E-state index contributed by atoms with van der Waals surface area (Å²) < 4.78 is 14.3. The van der Waals surface area contributed by atoms with Crippen LogP contribution >= 0.6 is 11.8 Å². The fourth-order valence-corrected chi connectivity index (χ4v) is 2.49. The summed E-state index contributed by atoms with van der Waals surface area (Å²) in [6.45, 7) is 1.76. The number of hydrogen-bond donors (Lipinski definition) is 2. The van der Waals surface area contributed by atoms with Crippen molar-refractivity contribution < 1.29 is 14.3 Å². The lowest BCUT2D eigenvalue weighted by Gasteiger charge is -2.14. The lowest BCUT2D eigenvalue weighted by Crippen LogP contribution is -2.22. The average Bonchev–Trinajstić information content (AvgIpc) is 2.77. The Morgan fingerprint density at radius 3 is 2.75 bits per heavy atom. The van der Waals surface area contributed by atoms with Gasteiger partial charge in [0.15, 0.2) is 5.16 Å². The molecule has 1 heterocycles. The zero-order valence-electron chi connectivity index (χ0n) is 10.5. The van der Waals surface area contributed by atoms with Crippen molar-refractivity contribution in [3.05, 3.63) is 46.1 Å². The molecule has 0 amide bonds. The highest BCUT2D eigenvalue weighted by molar-refractivity contribution is 7.99. The molecule has 0 saturated carbocycles. The third-order valence-electron chi connectivity index (χ3n) is 2.74. The molecule has 2 N–H and O–H groups in total. The van der Waals surface area contributed by atoms with Crippen molar-refractivity contribution in [2.75, 3.05) is 5.75 Å². The first-order valence-corrected chi connectivity index (χ1v) is 6.74. The Morgan fingerprint density at radius 2 is 2.15 bits per heavy atom. The third kappa shape index (κ3) is 3.08. The SMILES string of the molecule is CC(c1ccc(F)cc1)n1c(SCC(=O)O)n[nH]c1=O. The van der Waals surface area contributed by atoms with Gasteiger partial charge >= 0.3 is 11.7 Å². The molecule has 0 saturated heterocycles. The zero-order valence-corrected chi connectivity index (χ0v) is 11.4. The molecule has 8 heteroatoms. The summed E-state index contributed by atoms with van der Waals surface area (Å²) in [5.41, 5.74) is 0.293. The highest BCUT2D eigenvalue weighted by atomic mass is 32.2. The highest BCUT2D eigenvalue weighted by Gasteiger charge is 2.17. The smallest absolute Gasteiger partial charge is 0.344 e. The summed E-state index contributed by atoms with van der Waals surface area (Å²) in [4.78, 5) is 22.4. The van der Waals surface area contributed by atoms with E-state index >= 15 is 0 Å². The number of hydrogen-bond acceptors (Lipinski definition) is 4. The quantitative estimate of drug-likeness (QED) is 0.816. The van der Waals surface area contributed by atoms with Crippen LogP contribution in [0.5, 0.6) is 0 Å². The fourth-order valence-electron chi connectivity index (χ4n) is 1.75. The van der Waals surface area contributed by atoms with Gasteiger partial charge in [-0.25, -0.2) is 14.3 Å². The number of H-pyrrole nitrogens is 1. The maximum absolute atomic E-state index is 12.9. The number of carboxylic acids is 1. The van der Waals surface area contributed by atoms with Gasteiger partial charge in [0, 0.05) is 0 Å². The van der Waals surface area contributed by atoms with E-state index in [4.69, 9.17) is 5.11 Å². The van der Waals surface area contributed by atoms with Crippen LogP contribution in [-0.4, -0.2) is 31.6 Å². The number of rotatable bonds is 5.